The molecule has 100 valence electrons. The molecule has 0 fully saturated rings. The van der Waals surface area contributed by atoms with Gasteiger partial charge in [-0.15, -0.1) is 0 Å². The smallest absolute Gasteiger partial charge is 0.223 e. The number of nitrogen functional groups attached to an aromatic ring is 1. The molecule has 0 heterocycles. The minimum atomic E-state index is -0.0780. The Hall–Kier alpha value is -1.75. The van der Waals surface area contributed by atoms with Gasteiger partial charge in [0, 0.05) is 18.8 Å². The van der Waals surface area contributed by atoms with Gasteiger partial charge in [-0.2, -0.15) is 0 Å². The third-order valence-corrected chi connectivity index (χ3v) is 2.44. The summed E-state index contributed by atoms with van der Waals surface area (Å²) in [5.74, 6) is 0.693. The van der Waals surface area contributed by atoms with Gasteiger partial charge in [-0.05, 0) is 30.2 Å². The molecule has 0 spiro atoms. The van der Waals surface area contributed by atoms with E-state index in [9.17, 15) is 4.79 Å². The highest BCUT2D eigenvalue weighted by Gasteiger charge is 2.04. The minimum absolute atomic E-state index is 0.0716. The lowest BCUT2D eigenvalue weighted by molar-refractivity contribution is -0.121. The van der Waals surface area contributed by atoms with Crippen molar-refractivity contribution in [3.8, 4) is 5.75 Å². The molecular weight excluding hydrogens is 232 g/mol. The molecule has 5 nitrogen and oxygen atoms in total. The zero-order chi connectivity index (χ0) is 13.4. The summed E-state index contributed by atoms with van der Waals surface area (Å²) in [7, 11) is 0. The van der Waals surface area contributed by atoms with Crippen LogP contribution in [0.15, 0.2) is 24.3 Å². The Balaban J connectivity index is 2.17. The van der Waals surface area contributed by atoms with E-state index in [1.165, 1.54) is 0 Å². The fraction of sp³-hybridized carbons (Fsp3) is 0.462. The number of benzene rings is 1. The van der Waals surface area contributed by atoms with E-state index in [0.29, 0.717) is 31.0 Å². The zero-order valence-corrected chi connectivity index (χ0v) is 10.6. The highest BCUT2D eigenvalue weighted by atomic mass is 16.5. The highest BCUT2D eigenvalue weighted by molar-refractivity contribution is 5.75. The molecule has 1 aromatic carbocycles. The van der Waals surface area contributed by atoms with Crippen LogP contribution >= 0.6 is 0 Å². The molecule has 1 atom stereocenters. The minimum Gasteiger partial charge on any atom is -0.493 e. The SMILES string of the molecule is CC(CO)CNC(=O)CCOc1ccc(N)cc1. The molecule has 1 aromatic rings. The van der Waals surface area contributed by atoms with Gasteiger partial charge in [-0.25, -0.2) is 0 Å². The quantitative estimate of drug-likeness (QED) is 0.626. The Morgan fingerprint density at radius 2 is 2.11 bits per heavy atom. The average Bonchev–Trinajstić information content (AvgIpc) is 2.38. The maximum Gasteiger partial charge on any atom is 0.223 e. The zero-order valence-electron chi connectivity index (χ0n) is 10.6. The summed E-state index contributed by atoms with van der Waals surface area (Å²) in [6, 6.07) is 7.03. The lowest BCUT2D eigenvalue weighted by Gasteiger charge is -2.10. The monoisotopic (exact) mass is 252 g/mol. The number of carbonyl (C=O) groups excluding carboxylic acids is 1. The van der Waals surface area contributed by atoms with Crippen LogP contribution in [0.5, 0.6) is 5.75 Å². The second-order valence-electron chi connectivity index (χ2n) is 4.26. The standard InChI is InChI=1S/C13H20N2O3/c1-10(9-16)8-15-13(17)6-7-18-12-4-2-11(14)3-5-12/h2-5,10,16H,6-9,14H2,1H3,(H,15,17). The molecule has 0 aliphatic carbocycles. The molecule has 1 amide bonds. The molecule has 0 bridgehead atoms. The van der Waals surface area contributed by atoms with Crippen molar-refractivity contribution in [1.29, 1.82) is 0 Å². The van der Waals surface area contributed by atoms with Crippen LogP contribution in [0.3, 0.4) is 0 Å². The number of anilines is 1. The maximum atomic E-state index is 11.4. The van der Waals surface area contributed by atoms with E-state index in [4.69, 9.17) is 15.6 Å². The number of rotatable bonds is 7. The topological polar surface area (TPSA) is 84.6 Å². The summed E-state index contributed by atoms with van der Waals surface area (Å²) in [5, 5.41) is 11.5. The number of hydrogen-bond acceptors (Lipinski definition) is 4. The van der Waals surface area contributed by atoms with Gasteiger partial charge < -0.3 is 20.9 Å². The molecule has 0 saturated carbocycles. The first-order chi connectivity index (χ1) is 8.61. The van der Waals surface area contributed by atoms with Gasteiger partial charge in [-0.3, -0.25) is 4.79 Å². The van der Waals surface area contributed by atoms with Gasteiger partial charge >= 0.3 is 0 Å². The van der Waals surface area contributed by atoms with Crippen molar-refractivity contribution in [2.75, 3.05) is 25.5 Å². The van der Waals surface area contributed by atoms with E-state index in [0.717, 1.165) is 0 Å². The number of aliphatic hydroxyl groups excluding tert-OH is 1. The van der Waals surface area contributed by atoms with Crippen molar-refractivity contribution in [1.82, 2.24) is 5.32 Å². The Bertz CT molecular complexity index is 365. The van der Waals surface area contributed by atoms with E-state index >= 15 is 0 Å². The first-order valence-corrected chi connectivity index (χ1v) is 5.97. The summed E-state index contributed by atoms with van der Waals surface area (Å²) >= 11 is 0. The number of aliphatic hydroxyl groups is 1. The van der Waals surface area contributed by atoms with Crippen LogP contribution in [0, 0.1) is 5.92 Å². The van der Waals surface area contributed by atoms with Crippen LogP contribution in [0.4, 0.5) is 5.69 Å². The lowest BCUT2D eigenvalue weighted by atomic mass is 10.2. The average molecular weight is 252 g/mol. The van der Waals surface area contributed by atoms with Crippen molar-refractivity contribution in [3.63, 3.8) is 0 Å². The highest BCUT2D eigenvalue weighted by Crippen LogP contribution is 2.12. The number of nitrogens with two attached hydrogens (primary N) is 1. The molecular formula is C13H20N2O3. The molecule has 0 saturated heterocycles. The van der Waals surface area contributed by atoms with Crippen LogP contribution < -0.4 is 15.8 Å². The number of ether oxygens (including phenoxy) is 1. The van der Waals surface area contributed by atoms with Gasteiger partial charge in [0.05, 0.1) is 13.0 Å². The number of carbonyl (C=O) groups is 1. The fourth-order valence-corrected chi connectivity index (χ4v) is 1.27. The van der Waals surface area contributed by atoms with Gasteiger partial charge in [0.15, 0.2) is 0 Å². The maximum absolute atomic E-state index is 11.4. The van der Waals surface area contributed by atoms with Crippen molar-refractivity contribution >= 4 is 11.6 Å². The van der Waals surface area contributed by atoms with E-state index in [1.54, 1.807) is 24.3 Å². The normalized spacial score (nSPS) is 11.9. The Morgan fingerprint density at radius 1 is 1.44 bits per heavy atom. The first kappa shape index (κ1) is 14.3. The molecule has 5 heteroatoms. The molecule has 0 aliphatic rings. The van der Waals surface area contributed by atoms with Crippen molar-refractivity contribution in [2.24, 2.45) is 5.92 Å². The van der Waals surface area contributed by atoms with E-state index in [-0.39, 0.29) is 18.4 Å². The third kappa shape index (κ3) is 5.54. The lowest BCUT2D eigenvalue weighted by Crippen LogP contribution is -2.30. The molecule has 0 aromatic heterocycles. The van der Waals surface area contributed by atoms with Gasteiger partial charge in [-0.1, -0.05) is 6.92 Å². The molecule has 0 radical (unpaired) electrons. The fourth-order valence-electron chi connectivity index (χ4n) is 1.27. The van der Waals surface area contributed by atoms with Crippen LogP contribution in [-0.2, 0) is 4.79 Å². The Kier molecular flexibility index (Phi) is 6.00. The van der Waals surface area contributed by atoms with Gasteiger partial charge in [0.2, 0.25) is 5.91 Å². The summed E-state index contributed by atoms with van der Waals surface area (Å²) in [6.07, 6.45) is 0.294. The predicted molar refractivity (Wildman–Crippen MR) is 70.2 cm³/mol. The molecule has 0 aliphatic heterocycles. The van der Waals surface area contributed by atoms with Crippen molar-refractivity contribution < 1.29 is 14.6 Å². The predicted octanol–water partition coefficient (Wildman–Crippen LogP) is 0.782. The van der Waals surface area contributed by atoms with E-state index < -0.39 is 0 Å². The molecule has 4 N–H and O–H groups in total. The Labute approximate surface area is 107 Å². The van der Waals surface area contributed by atoms with Crippen LogP contribution in [-0.4, -0.2) is 30.8 Å². The molecule has 1 unspecified atom stereocenters. The second-order valence-corrected chi connectivity index (χ2v) is 4.26. The number of nitrogens with one attached hydrogen (secondary N) is 1. The largest absolute Gasteiger partial charge is 0.493 e. The molecule has 18 heavy (non-hydrogen) atoms. The van der Waals surface area contributed by atoms with Crippen molar-refractivity contribution in [3.05, 3.63) is 24.3 Å². The first-order valence-electron chi connectivity index (χ1n) is 5.97. The number of amides is 1. The van der Waals surface area contributed by atoms with Crippen LogP contribution in [0.1, 0.15) is 13.3 Å². The summed E-state index contributed by atoms with van der Waals surface area (Å²) in [5.41, 5.74) is 6.22. The third-order valence-electron chi connectivity index (χ3n) is 2.44. The van der Waals surface area contributed by atoms with Gasteiger partial charge in [0.1, 0.15) is 5.75 Å². The summed E-state index contributed by atoms with van der Waals surface area (Å²) in [4.78, 5) is 11.4. The van der Waals surface area contributed by atoms with Gasteiger partial charge in [0.25, 0.3) is 0 Å². The Morgan fingerprint density at radius 3 is 2.72 bits per heavy atom. The van der Waals surface area contributed by atoms with E-state index in [1.807, 2.05) is 6.92 Å². The second kappa shape index (κ2) is 7.55. The van der Waals surface area contributed by atoms with Crippen molar-refractivity contribution in [2.45, 2.75) is 13.3 Å². The van der Waals surface area contributed by atoms with Crippen LogP contribution in [0.2, 0.25) is 0 Å². The molecule has 1 rings (SSSR count). The van der Waals surface area contributed by atoms with Crippen LogP contribution in [0.25, 0.3) is 0 Å². The number of hydrogen-bond donors (Lipinski definition) is 3. The van der Waals surface area contributed by atoms with E-state index in [2.05, 4.69) is 5.32 Å². The summed E-state index contributed by atoms with van der Waals surface area (Å²) < 4.78 is 5.40. The summed E-state index contributed by atoms with van der Waals surface area (Å²) in [6.45, 7) is 2.74.